The Kier molecular flexibility index (Phi) is 4.23. The Morgan fingerprint density at radius 2 is 1.74 bits per heavy atom. The van der Waals surface area contributed by atoms with Crippen LogP contribution in [-0.2, 0) is 6.42 Å². The molecule has 0 heterocycles. The number of aliphatic hydroxyl groups is 1. The minimum Gasteiger partial charge on any atom is -0.389 e. The van der Waals surface area contributed by atoms with Crippen LogP contribution in [-0.4, -0.2) is 35.7 Å². The summed E-state index contributed by atoms with van der Waals surface area (Å²) in [4.78, 5) is 2.18. The summed E-state index contributed by atoms with van der Waals surface area (Å²) in [6.07, 6.45) is 1.01. The van der Waals surface area contributed by atoms with Crippen molar-refractivity contribution >= 4 is 10.8 Å². The van der Waals surface area contributed by atoms with Crippen LogP contribution in [0.3, 0.4) is 0 Å². The van der Waals surface area contributed by atoms with E-state index in [-0.39, 0.29) is 0 Å². The highest BCUT2D eigenvalue weighted by atomic mass is 16.3. The maximum absolute atomic E-state index is 9.78. The van der Waals surface area contributed by atoms with E-state index in [2.05, 4.69) is 54.4 Å². The van der Waals surface area contributed by atoms with Crippen molar-refractivity contribution in [1.29, 1.82) is 0 Å². The molecule has 0 aliphatic rings. The van der Waals surface area contributed by atoms with E-state index in [4.69, 9.17) is 0 Å². The van der Waals surface area contributed by atoms with Gasteiger partial charge in [0.2, 0.25) is 0 Å². The topological polar surface area (TPSA) is 23.5 Å². The Hall–Kier alpha value is -1.38. The van der Waals surface area contributed by atoms with E-state index in [9.17, 15) is 5.11 Å². The number of rotatable bonds is 5. The van der Waals surface area contributed by atoms with Gasteiger partial charge in [-0.3, -0.25) is 0 Å². The van der Waals surface area contributed by atoms with Gasteiger partial charge >= 0.3 is 0 Å². The summed E-state index contributed by atoms with van der Waals surface area (Å²) >= 11 is 0. The van der Waals surface area contributed by atoms with Gasteiger partial charge in [0.25, 0.3) is 0 Å². The maximum atomic E-state index is 9.78. The summed E-state index contributed by atoms with van der Waals surface area (Å²) < 4.78 is 0. The maximum Gasteiger partial charge on any atom is 0.0718 e. The first-order valence-electron chi connectivity index (χ1n) is 6.83. The average Bonchev–Trinajstić information content (AvgIpc) is 2.34. The molecule has 0 atom stereocenters. The molecule has 0 saturated carbocycles. The number of hydrogen-bond donors (Lipinski definition) is 1. The van der Waals surface area contributed by atoms with E-state index < -0.39 is 5.60 Å². The predicted molar refractivity (Wildman–Crippen MR) is 81.4 cm³/mol. The van der Waals surface area contributed by atoms with Gasteiger partial charge < -0.3 is 10.0 Å². The average molecular weight is 257 g/mol. The molecule has 2 nitrogen and oxygen atoms in total. The molecular formula is C17H23NO. The minimum atomic E-state index is -0.627. The molecule has 0 saturated heterocycles. The van der Waals surface area contributed by atoms with Crippen LogP contribution >= 0.6 is 0 Å². The molecule has 2 rings (SSSR count). The summed E-state index contributed by atoms with van der Waals surface area (Å²) in [5, 5.41) is 12.4. The van der Waals surface area contributed by atoms with Gasteiger partial charge in [0.05, 0.1) is 5.60 Å². The molecule has 2 heteroatoms. The minimum absolute atomic E-state index is 0.627. The molecule has 0 unspecified atom stereocenters. The van der Waals surface area contributed by atoms with Crippen molar-refractivity contribution in [1.82, 2.24) is 4.90 Å². The SMILES string of the molecule is CN(CCc1ccc2ccccc2c1)CC(C)(C)O. The van der Waals surface area contributed by atoms with Crippen LogP contribution in [0.15, 0.2) is 42.5 Å². The zero-order valence-electron chi connectivity index (χ0n) is 12.1. The molecule has 0 spiro atoms. The lowest BCUT2D eigenvalue weighted by atomic mass is 10.0. The first-order valence-corrected chi connectivity index (χ1v) is 6.83. The predicted octanol–water partition coefficient (Wildman–Crippen LogP) is 3.09. The van der Waals surface area contributed by atoms with E-state index in [1.807, 2.05) is 13.8 Å². The van der Waals surface area contributed by atoms with Crippen LogP contribution < -0.4 is 0 Å². The third kappa shape index (κ3) is 4.34. The molecule has 0 bridgehead atoms. The second kappa shape index (κ2) is 5.72. The van der Waals surface area contributed by atoms with Crippen LogP contribution in [0.2, 0.25) is 0 Å². The van der Waals surface area contributed by atoms with Crippen molar-refractivity contribution in [3.05, 3.63) is 48.0 Å². The number of likely N-dealkylation sites (N-methyl/N-ethyl adjacent to an activating group) is 1. The Balaban J connectivity index is 1.98. The lowest BCUT2D eigenvalue weighted by molar-refractivity contribution is 0.0450. The van der Waals surface area contributed by atoms with Crippen molar-refractivity contribution < 1.29 is 5.11 Å². The number of fused-ring (bicyclic) bond motifs is 1. The first kappa shape index (κ1) is 14.0. The monoisotopic (exact) mass is 257 g/mol. The molecule has 1 N–H and O–H groups in total. The second-order valence-electron chi connectivity index (χ2n) is 5.98. The van der Waals surface area contributed by atoms with Crippen LogP contribution in [0.1, 0.15) is 19.4 Å². The lowest BCUT2D eigenvalue weighted by Crippen LogP contribution is -2.37. The Bertz CT molecular complexity index is 542. The first-order chi connectivity index (χ1) is 8.94. The van der Waals surface area contributed by atoms with Gasteiger partial charge in [0.1, 0.15) is 0 Å². The summed E-state index contributed by atoms with van der Waals surface area (Å²) in [5.41, 5.74) is 0.722. The molecule has 0 radical (unpaired) electrons. The second-order valence-corrected chi connectivity index (χ2v) is 5.98. The summed E-state index contributed by atoms with van der Waals surface area (Å²) in [6.45, 7) is 5.35. The fourth-order valence-corrected chi connectivity index (χ4v) is 2.45. The smallest absolute Gasteiger partial charge is 0.0718 e. The largest absolute Gasteiger partial charge is 0.389 e. The molecule has 0 amide bonds. The molecule has 19 heavy (non-hydrogen) atoms. The lowest BCUT2D eigenvalue weighted by Gasteiger charge is -2.25. The van der Waals surface area contributed by atoms with Gasteiger partial charge in [-0.05, 0) is 43.7 Å². The van der Waals surface area contributed by atoms with Gasteiger partial charge in [-0.2, -0.15) is 0 Å². The molecule has 2 aromatic carbocycles. The van der Waals surface area contributed by atoms with Gasteiger partial charge in [-0.25, -0.2) is 0 Å². The van der Waals surface area contributed by atoms with Gasteiger partial charge in [-0.15, -0.1) is 0 Å². The fourth-order valence-electron chi connectivity index (χ4n) is 2.45. The van der Waals surface area contributed by atoms with Gasteiger partial charge in [-0.1, -0.05) is 42.5 Å². The van der Waals surface area contributed by atoms with E-state index in [0.717, 1.165) is 13.0 Å². The number of benzene rings is 2. The Morgan fingerprint density at radius 1 is 1.05 bits per heavy atom. The summed E-state index contributed by atoms with van der Waals surface area (Å²) in [5.74, 6) is 0. The summed E-state index contributed by atoms with van der Waals surface area (Å²) in [7, 11) is 2.05. The van der Waals surface area contributed by atoms with E-state index in [1.54, 1.807) is 0 Å². The van der Waals surface area contributed by atoms with Crippen molar-refractivity contribution in [2.24, 2.45) is 0 Å². The highest BCUT2D eigenvalue weighted by Gasteiger charge is 2.15. The quantitative estimate of drug-likeness (QED) is 0.889. The highest BCUT2D eigenvalue weighted by molar-refractivity contribution is 5.82. The van der Waals surface area contributed by atoms with Gasteiger partial charge in [0.15, 0.2) is 0 Å². The van der Waals surface area contributed by atoms with Crippen molar-refractivity contribution in [2.45, 2.75) is 25.9 Å². The Labute approximate surface area is 115 Å². The molecule has 102 valence electrons. The van der Waals surface area contributed by atoms with E-state index in [1.165, 1.54) is 16.3 Å². The van der Waals surface area contributed by atoms with Crippen LogP contribution in [0.5, 0.6) is 0 Å². The third-order valence-electron chi connectivity index (χ3n) is 3.25. The molecule has 0 aromatic heterocycles. The van der Waals surface area contributed by atoms with Crippen molar-refractivity contribution in [3.8, 4) is 0 Å². The standard InChI is InChI=1S/C17H23NO/c1-17(2,19)13-18(3)11-10-14-8-9-15-6-4-5-7-16(15)12-14/h4-9,12,19H,10-11,13H2,1-3H3. The molecule has 2 aromatic rings. The highest BCUT2D eigenvalue weighted by Crippen LogP contribution is 2.16. The Morgan fingerprint density at radius 3 is 2.42 bits per heavy atom. The molecule has 0 fully saturated rings. The molecule has 0 aliphatic carbocycles. The normalized spacial score (nSPS) is 12.3. The third-order valence-corrected chi connectivity index (χ3v) is 3.25. The fraction of sp³-hybridized carbons (Fsp3) is 0.412. The van der Waals surface area contributed by atoms with Gasteiger partial charge in [0, 0.05) is 13.1 Å². The van der Waals surface area contributed by atoms with Crippen LogP contribution in [0, 0.1) is 0 Å². The van der Waals surface area contributed by atoms with Crippen LogP contribution in [0.25, 0.3) is 10.8 Å². The zero-order valence-corrected chi connectivity index (χ0v) is 12.1. The molecular weight excluding hydrogens is 234 g/mol. The number of hydrogen-bond acceptors (Lipinski definition) is 2. The van der Waals surface area contributed by atoms with E-state index >= 15 is 0 Å². The zero-order chi connectivity index (χ0) is 13.9. The van der Waals surface area contributed by atoms with Crippen molar-refractivity contribution in [2.75, 3.05) is 20.1 Å². The van der Waals surface area contributed by atoms with Crippen LogP contribution in [0.4, 0.5) is 0 Å². The van der Waals surface area contributed by atoms with E-state index in [0.29, 0.717) is 6.54 Å². The summed E-state index contributed by atoms with van der Waals surface area (Å²) in [6, 6.07) is 15.1. The number of nitrogens with zero attached hydrogens (tertiary/aromatic N) is 1. The van der Waals surface area contributed by atoms with Crippen molar-refractivity contribution in [3.63, 3.8) is 0 Å². The molecule has 0 aliphatic heterocycles.